The zero-order valence-corrected chi connectivity index (χ0v) is 9.13. The summed E-state index contributed by atoms with van der Waals surface area (Å²) in [5.74, 6) is -2.11. The summed E-state index contributed by atoms with van der Waals surface area (Å²) in [5.41, 5.74) is 0.168. The molecule has 0 aromatic carbocycles. The van der Waals surface area contributed by atoms with E-state index in [9.17, 15) is 8.78 Å². The lowest BCUT2D eigenvalue weighted by Crippen LogP contribution is -2.38. The van der Waals surface area contributed by atoms with Crippen molar-refractivity contribution in [1.82, 2.24) is 0 Å². The van der Waals surface area contributed by atoms with Crippen molar-refractivity contribution in [3.05, 3.63) is 0 Å². The van der Waals surface area contributed by atoms with Gasteiger partial charge in [0.05, 0.1) is 0 Å². The number of rotatable bonds is 3. The first kappa shape index (κ1) is 10.4. The molecule has 0 aliphatic heterocycles. The predicted molar refractivity (Wildman–Crippen MR) is 49.9 cm³/mol. The molecular formula is C9H15BrF2. The number of hydrogen-bond acceptors (Lipinski definition) is 0. The molecule has 0 amide bonds. The lowest BCUT2D eigenvalue weighted by Gasteiger charge is -2.39. The van der Waals surface area contributed by atoms with Gasteiger partial charge < -0.3 is 0 Å². The Labute approximate surface area is 80.9 Å². The van der Waals surface area contributed by atoms with Gasteiger partial charge in [0.1, 0.15) is 0 Å². The fraction of sp³-hybridized carbons (Fsp3) is 1.00. The van der Waals surface area contributed by atoms with Crippen LogP contribution in [0.3, 0.4) is 0 Å². The fourth-order valence-corrected chi connectivity index (χ4v) is 1.99. The molecule has 0 bridgehead atoms. The van der Waals surface area contributed by atoms with Crippen LogP contribution in [0.1, 0.15) is 33.1 Å². The van der Waals surface area contributed by atoms with Crippen molar-refractivity contribution in [2.45, 2.75) is 39.0 Å². The van der Waals surface area contributed by atoms with Gasteiger partial charge in [0.25, 0.3) is 0 Å². The Bertz CT molecular complexity index is 158. The Hall–Kier alpha value is 0.340. The zero-order valence-electron chi connectivity index (χ0n) is 7.54. The van der Waals surface area contributed by atoms with Gasteiger partial charge in [0.2, 0.25) is 5.92 Å². The largest absolute Gasteiger partial charge is 0.248 e. The molecule has 1 saturated carbocycles. The molecule has 1 aliphatic carbocycles. The van der Waals surface area contributed by atoms with Crippen molar-refractivity contribution in [1.29, 1.82) is 0 Å². The molecule has 72 valence electrons. The molecule has 0 N–H and O–H groups in total. The van der Waals surface area contributed by atoms with Gasteiger partial charge in [-0.2, -0.15) is 0 Å². The maximum absolute atomic E-state index is 12.5. The first-order valence-corrected chi connectivity index (χ1v) is 5.41. The van der Waals surface area contributed by atoms with E-state index in [2.05, 4.69) is 29.8 Å². The van der Waals surface area contributed by atoms with Crippen LogP contribution >= 0.6 is 15.9 Å². The Kier molecular flexibility index (Phi) is 2.81. The molecule has 0 atom stereocenters. The van der Waals surface area contributed by atoms with Crippen molar-refractivity contribution < 1.29 is 8.78 Å². The molecule has 0 heterocycles. The standard InChI is InChI=1S/C9H15BrF2/c1-8(2,6-10)3-7-4-9(11,12)5-7/h7H,3-6H2,1-2H3. The second kappa shape index (κ2) is 3.24. The summed E-state index contributed by atoms with van der Waals surface area (Å²) in [6, 6.07) is 0. The van der Waals surface area contributed by atoms with Gasteiger partial charge in [0.15, 0.2) is 0 Å². The Morgan fingerprint density at radius 1 is 1.42 bits per heavy atom. The van der Waals surface area contributed by atoms with Gasteiger partial charge in [0, 0.05) is 18.2 Å². The molecule has 0 aromatic heterocycles. The number of halogens is 3. The van der Waals surface area contributed by atoms with E-state index in [1.165, 1.54) is 0 Å². The van der Waals surface area contributed by atoms with E-state index in [-0.39, 0.29) is 24.2 Å². The monoisotopic (exact) mass is 240 g/mol. The quantitative estimate of drug-likeness (QED) is 0.658. The van der Waals surface area contributed by atoms with Crippen molar-refractivity contribution in [2.24, 2.45) is 11.3 Å². The van der Waals surface area contributed by atoms with Crippen LogP contribution in [0.5, 0.6) is 0 Å². The van der Waals surface area contributed by atoms with Gasteiger partial charge >= 0.3 is 0 Å². The zero-order chi connectivity index (χ0) is 9.41. The van der Waals surface area contributed by atoms with Crippen LogP contribution in [0.15, 0.2) is 0 Å². The van der Waals surface area contributed by atoms with Gasteiger partial charge in [-0.25, -0.2) is 8.78 Å². The number of hydrogen-bond donors (Lipinski definition) is 0. The van der Waals surface area contributed by atoms with Crippen LogP contribution in [-0.4, -0.2) is 11.3 Å². The average molecular weight is 241 g/mol. The first-order valence-electron chi connectivity index (χ1n) is 4.28. The van der Waals surface area contributed by atoms with Crippen molar-refractivity contribution in [3.8, 4) is 0 Å². The minimum absolute atomic E-state index is 0.101. The third-order valence-electron chi connectivity index (χ3n) is 2.38. The molecule has 1 aliphatic rings. The third kappa shape index (κ3) is 2.68. The molecular weight excluding hydrogens is 226 g/mol. The lowest BCUT2D eigenvalue weighted by atomic mass is 9.72. The Balaban J connectivity index is 2.27. The summed E-state index contributed by atoms with van der Waals surface area (Å²) in [7, 11) is 0. The van der Waals surface area contributed by atoms with Gasteiger partial charge in [-0.1, -0.05) is 29.8 Å². The minimum atomic E-state index is -2.35. The van der Waals surface area contributed by atoms with E-state index in [1.807, 2.05) is 0 Å². The summed E-state index contributed by atoms with van der Waals surface area (Å²) in [5, 5.41) is 0.891. The number of alkyl halides is 3. The van der Waals surface area contributed by atoms with Crippen molar-refractivity contribution in [2.75, 3.05) is 5.33 Å². The predicted octanol–water partition coefficient (Wildman–Crippen LogP) is 3.84. The van der Waals surface area contributed by atoms with Crippen molar-refractivity contribution >= 4 is 15.9 Å². The van der Waals surface area contributed by atoms with Gasteiger partial charge in [-0.15, -0.1) is 0 Å². The second-order valence-corrected chi connectivity index (χ2v) is 5.19. The molecule has 3 heteroatoms. The van der Waals surface area contributed by atoms with E-state index in [4.69, 9.17) is 0 Å². The molecule has 0 radical (unpaired) electrons. The van der Waals surface area contributed by atoms with Gasteiger partial charge in [-0.3, -0.25) is 0 Å². The molecule has 1 fully saturated rings. The summed E-state index contributed by atoms with van der Waals surface area (Å²) in [6.07, 6.45) is 1.11. The second-order valence-electron chi connectivity index (χ2n) is 4.63. The molecule has 0 unspecified atom stereocenters. The third-order valence-corrected chi connectivity index (χ3v) is 3.90. The molecule has 0 spiro atoms. The van der Waals surface area contributed by atoms with Crippen LogP contribution in [0.4, 0.5) is 8.78 Å². The van der Waals surface area contributed by atoms with Crippen LogP contribution in [0, 0.1) is 11.3 Å². The average Bonchev–Trinajstić information content (AvgIpc) is 1.83. The van der Waals surface area contributed by atoms with E-state index in [0.29, 0.717) is 0 Å². The summed E-state index contributed by atoms with van der Waals surface area (Å²) in [6.45, 7) is 4.22. The van der Waals surface area contributed by atoms with E-state index in [0.717, 1.165) is 11.8 Å². The fourth-order valence-electron chi connectivity index (χ4n) is 1.77. The highest BCUT2D eigenvalue weighted by atomic mass is 79.9. The van der Waals surface area contributed by atoms with E-state index < -0.39 is 5.92 Å². The molecule has 1 rings (SSSR count). The van der Waals surface area contributed by atoms with E-state index in [1.54, 1.807) is 0 Å². The van der Waals surface area contributed by atoms with Crippen LogP contribution in [0.2, 0.25) is 0 Å². The summed E-state index contributed by atoms with van der Waals surface area (Å²) < 4.78 is 24.9. The summed E-state index contributed by atoms with van der Waals surface area (Å²) >= 11 is 3.39. The lowest BCUT2D eigenvalue weighted by molar-refractivity contribution is -0.118. The molecule has 12 heavy (non-hydrogen) atoms. The maximum Gasteiger partial charge on any atom is 0.248 e. The van der Waals surface area contributed by atoms with Crippen molar-refractivity contribution in [3.63, 3.8) is 0 Å². The minimum Gasteiger partial charge on any atom is -0.207 e. The van der Waals surface area contributed by atoms with E-state index >= 15 is 0 Å². The highest BCUT2D eigenvalue weighted by Gasteiger charge is 2.46. The molecule has 0 nitrogen and oxygen atoms in total. The van der Waals surface area contributed by atoms with Crippen LogP contribution in [-0.2, 0) is 0 Å². The SMILES string of the molecule is CC(C)(CBr)CC1CC(F)(F)C1. The molecule has 0 saturated heterocycles. The normalized spacial score (nSPS) is 23.8. The smallest absolute Gasteiger partial charge is 0.207 e. The topological polar surface area (TPSA) is 0 Å². The Morgan fingerprint density at radius 2 is 1.92 bits per heavy atom. The molecule has 0 aromatic rings. The van der Waals surface area contributed by atoms with Crippen LogP contribution < -0.4 is 0 Å². The summed E-state index contributed by atoms with van der Waals surface area (Å²) in [4.78, 5) is 0. The highest BCUT2D eigenvalue weighted by Crippen LogP contribution is 2.47. The van der Waals surface area contributed by atoms with Gasteiger partial charge in [-0.05, 0) is 17.8 Å². The highest BCUT2D eigenvalue weighted by molar-refractivity contribution is 9.09. The van der Waals surface area contributed by atoms with Crippen LogP contribution in [0.25, 0.3) is 0 Å². The first-order chi connectivity index (χ1) is 5.35. The Morgan fingerprint density at radius 3 is 2.25 bits per heavy atom. The maximum atomic E-state index is 12.5.